The molecule has 8 rings (SSSR count). The Morgan fingerprint density at radius 1 is 0.797 bits per heavy atom. The van der Waals surface area contributed by atoms with Gasteiger partial charge < -0.3 is 25.1 Å². The zero-order chi connectivity index (χ0) is 41.5. The first-order valence-electron chi connectivity index (χ1n) is 20.8. The molecule has 0 spiro atoms. The van der Waals surface area contributed by atoms with Gasteiger partial charge in [-0.15, -0.1) is 4.73 Å². The van der Waals surface area contributed by atoms with Gasteiger partial charge in [0.1, 0.15) is 6.54 Å². The Labute approximate surface area is 351 Å². The van der Waals surface area contributed by atoms with Crippen LogP contribution in [0.1, 0.15) is 83.8 Å². The molecule has 0 amide bonds. The number of carbonyl (C=O) groups excluding carboxylic acids is 1. The number of nitrogens with zero attached hydrogens (tertiary/aromatic N) is 3. The number of hydrogen-bond acceptors (Lipinski definition) is 6. The number of aliphatic hydroxyl groups excluding tert-OH is 1. The number of aromatic nitrogens is 1. The normalized spacial score (nSPS) is 18.6. The summed E-state index contributed by atoms with van der Waals surface area (Å²) in [7, 11) is 0. The first-order chi connectivity index (χ1) is 28.4. The molecule has 0 radical (unpaired) electrons. The molecule has 3 aliphatic rings. The van der Waals surface area contributed by atoms with E-state index in [1.165, 1.54) is 56.2 Å². The molecule has 4 aromatic carbocycles. The fourth-order valence-electron chi connectivity index (χ4n) is 9.58. The number of anilines is 1. The molecule has 0 unspecified atom stereocenters. The van der Waals surface area contributed by atoms with E-state index in [-0.39, 0.29) is 35.6 Å². The average molecular weight is 811 g/mol. The van der Waals surface area contributed by atoms with Crippen LogP contribution in [0.4, 0.5) is 11.4 Å². The second kappa shape index (κ2) is 16.2. The summed E-state index contributed by atoms with van der Waals surface area (Å²) in [6.45, 7) is 10.5. The summed E-state index contributed by atoms with van der Waals surface area (Å²) >= 11 is 7.32. The maximum atomic E-state index is 12.5. The van der Waals surface area contributed by atoms with Crippen LogP contribution in [-0.2, 0) is 15.6 Å². The minimum Gasteiger partial charge on any atom is -0.492 e. The lowest BCUT2D eigenvalue weighted by atomic mass is 9.78. The van der Waals surface area contributed by atoms with Crippen molar-refractivity contribution in [2.24, 2.45) is 0 Å². The quantitative estimate of drug-likeness (QED) is 0.0858. The highest BCUT2D eigenvalue weighted by molar-refractivity contribution is 6.32. The van der Waals surface area contributed by atoms with Crippen LogP contribution < -0.4 is 9.74 Å². The zero-order valence-corrected chi connectivity index (χ0v) is 35.1. The number of carbonyl (C=O) groups is 1. The molecule has 0 fully saturated rings. The van der Waals surface area contributed by atoms with Crippen LogP contribution in [0.5, 0.6) is 11.8 Å². The summed E-state index contributed by atoms with van der Waals surface area (Å²) in [5, 5.41) is 35.5. The molecule has 5 aromatic rings. The third-order valence-corrected chi connectivity index (χ3v) is 12.9. The van der Waals surface area contributed by atoms with Crippen LogP contribution in [0.2, 0.25) is 0 Å². The number of β-amino-alcohol motifs (C(OH)–C–C–N with tert-alkyl or cyclic N) is 1. The fourth-order valence-corrected chi connectivity index (χ4v) is 9.89. The Morgan fingerprint density at radius 3 is 2.19 bits per heavy atom. The Morgan fingerprint density at radius 2 is 1.47 bits per heavy atom. The number of rotatable bonds is 12. The molecule has 304 valence electrons. The third kappa shape index (κ3) is 7.38. The molecule has 59 heavy (non-hydrogen) atoms. The van der Waals surface area contributed by atoms with Gasteiger partial charge in [-0.2, -0.15) is 4.58 Å². The van der Waals surface area contributed by atoms with Crippen LogP contribution in [0.25, 0.3) is 21.5 Å². The number of halogens is 1. The maximum absolute atomic E-state index is 12.5. The Kier molecular flexibility index (Phi) is 11.1. The van der Waals surface area contributed by atoms with E-state index in [1.807, 2.05) is 0 Å². The van der Waals surface area contributed by atoms with Crippen molar-refractivity contribution in [3.05, 3.63) is 142 Å². The lowest BCUT2D eigenvalue weighted by Crippen LogP contribution is -2.28. The number of benzene rings is 4. The molecule has 1 aliphatic carbocycles. The van der Waals surface area contributed by atoms with Gasteiger partial charge in [0.25, 0.3) is 0 Å². The fraction of sp³-hybridized carbons (Fsp3) is 0.320. The second-order valence-electron chi connectivity index (χ2n) is 16.9. The Hall–Kier alpha value is -5.57. The van der Waals surface area contributed by atoms with Crippen molar-refractivity contribution in [1.29, 1.82) is 0 Å². The third-order valence-electron chi connectivity index (χ3n) is 12.4. The van der Waals surface area contributed by atoms with Crippen LogP contribution in [0.3, 0.4) is 0 Å². The molecule has 2 aliphatic heterocycles. The van der Waals surface area contributed by atoms with Crippen LogP contribution >= 0.6 is 11.6 Å². The molecular weight excluding hydrogens is 758 g/mol. The van der Waals surface area contributed by atoms with Crippen LogP contribution in [0.15, 0.2) is 131 Å². The number of hydrogen-bond donors (Lipinski definition) is 3. The first kappa shape index (κ1) is 40.2. The monoisotopic (exact) mass is 810 g/mol. The molecule has 8 nitrogen and oxygen atoms in total. The minimum absolute atomic E-state index is 0.0550. The summed E-state index contributed by atoms with van der Waals surface area (Å²) in [6.07, 6.45) is 14.1. The summed E-state index contributed by atoms with van der Waals surface area (Å²) in [6, 6.07) is 28.4. The lowest BCUT2D eigenvalue weighted by molar-refractivity contribution is -0.438. The van der Waals surface area contributed by atoms with E-state index in [1.54, 1.807) is 0 Å². The standard InChI is InChI=1S/C50H52ClN3O5/c1-49(2)41(52(39-24-20-33-13-7-9-17-37(33)46(39)49)30-11-5-6-19-45(58)59-54-43(56)28-29-44(54)57)26-22-35-15-12-16-36(48(35)51)23-27-42-50(3,4)47-38-18-10-8-14-34(38)21-25-40(47)53(42)31-32-55/h7-10,13-14,17-18,20-29,55H,5-6,11-12,15-16,19,30-32H2,1-4H3,(H-,56,57)/p+1. The van der Waals surface area contributed by atoms with Gasteiger partial charge in [-0.05, 0) is 102 Å². The van der Waals surface area contributed by atoms with E-state index >= 15 is 0 Å². The van der Waals surface area contributed by atoms with Gasteiger partial charge >= 0.3 is 5.97 Å². The van der Waals surface area contributed by atoms with Crippen molar-refractivity contribution in [3.8, 4) is 11.8 Å². The molecule has 0 bridgehead atoms. The van der Waals surface area contributed by atoms with Crippen molar-refractivity contribution in [3.63, 3.8) is 0 Å². The first-order valence-corrected chi connectivity index (χ1v) is 21.2. The van der Waals surface area contributed by atoms with Crippen molar-refractivity contribution < 1.29 is 29.5 Å². The molecule has 0 saturated heterocycles. The number of fused-ring (bicyclic) bond motifs is 6. The molecular formula is C50H53ClN3O5+. The van der Waals surface area contributed by atoms with Gasteiger partial charge in [0.15, 0.2) is 5.71 Å². The summed E-state index contributed by atoms with van der Waals surface area (Å²) in [4.78, 5) is 19.9. The van der Waals surface area contributed by atoms with E-state index < -0.39 is 5.97 Å². The number of aromatic hydroxyl groups is 2. The van der Waals surface area contributed by atoms with E-state index in [4.69, 9.17) is 16.4 Å². The van der Waals surface area contributed by atoms with E-state index in [2.05, 4.69) is 134 Å². The number of unbranched alkanes of at least 4 members (excludes halogenated alkanes) is 2. The minimum atomic E-state index is -0.517. The van der Waals surface area contributed by atoms with E-state index in [9.17, 15) is 20.1 Å². The van der Waals surface area contributed by atoms with Gasteiger partial charge in [-0.25, -0.2) is 4.79 Å². The van der Waals surface area contributed by atoms with Crippen molar-refractivity contribution >= 4 is 56.2 Å². The van der Waals surface area contributed by atoms with Crippen LogP contribution in [-0.4, -0.2) is 56.0 Å². The topological polar surface area (TPSA) is 98.2 Å². The molecule has 0 saturated carbocycles. The SMILES string of the molecule is CC1(C)C(/C=C/C2=C(Cl)C(=C/C=C3\N(CCO)c4ccc5ccccc5c4C3(C)C)/CCC2)=[N+](CCCCCC(=O)On2c(O)ccc2O)c2ccc3ccccc3c21. The molecule has 9 heteroatoms. The highest BCUT2D eigenvalue weighted by atomic mass is 35.5. The lowest BCUT2D eigenvalue weighted by Gasteiger charge is -2.27. The van der Waals surface area contributed by atoms with E-state index in [0.717, 1.165) is 70.9 Å². The van der Waals surface area contributed by atoms with Gasteiger partial charge in [0, 0.05) is 71.1 Å². The predicted octanol–water partition coefficient (Wildman–Crippen LogP) is 10.6. The molecule has 0 atom stereocenters. The number of allylic oxidation sites excluding steroid dienone is 8. The van der Waals surface area contributed by atoms with Crippen molar-refractivity contribution in [2.75, 3.05) is 24.6 Å². The average Bonchev–Trinajstić information content (AvgIpc) is 3.74. The summed E-state index contributed by atoms with van der Waals surface area (Å²) in [5.74, 6) is -1.18. The smallest absolute Gasteiger partial charge is 0.333 e. The molecule has 1 aromatic heterocycles. The van der Waals surface area contributed by atoms with Crippen molar-refractivity contribution in [2.45, 2.75) is 83.5 Å². The van der Waals surface area contributed by atoms with Crippen molar-refractivity contribution in [1.82, 2.24) is 4.73 Å². The zero-order valence-electron chi connectivity index (χ0n) is 34.3. The van der Waals surface area contributed by atoms with Gasteiger partial charge in [-0.1, -0.05) is 92.2 Å². The summed E-state index contributed by atoms with van der Waals surface area (Å²) in [5.41, 5.74) is 8.97. The highest BCUT2D eigenvalue weighted by Gasteiger charge is 2.45. The second-order valence-corrected chi connectivity index (χ2v) is 17.3. The molecule has 3 heterocycles. The highest BCUT2D eigenvalue weighted by Crippen LogP contribution is 2.51. The van der Waals surface area contributed by atoms with Gasteiger partial charge in [0.2, 0.25) is 17.4 Å². The Balaban J connectivity index is 1.07. The largest absolute Gasteiger partial charge is 0.492 e. The van der Waals surface area contributed by atoms with Gasteiger partial charge in [0.05, 0.1) is 12.0 Å². The maximum Gasteiger partial charge on any atom is 0.333 e. The van der Waals surface area contributed by atoms with E-state index in [0.29, 0.717) is 13.0 Å². The molecule has 3 N–H and O–H groups in total. The summed E-state index contributed by atoms with van der Waals surface area (Å²) < 4.78 is 3.17. The van der Waals surface area contributed by atoms with Gasteiger partial charge in [-0.3, -0.25) is 0 Å². The van der Waals surface area contributed by atoms with Crippen LogP contribution in [0, 0.1) is 0 Å². The number of aliphatic hydroxyl groups is 1. The Bertz CT molecular complexity index is 2600. The predicted molar refractivity (Wildman–Crippen MR) is 238 cm³/mol.